The number of carbonyl (C=O) groups excluding carboxylic acids is 1. The Hall–Kier alpha value is -2.58. The van der Waals surface area contributed by atoms with Crippen LogP contribution in [0.5, 0.6) is 0 Å². The molecule has 1 saturated heterocycles. The molecule has 1 amide bonds. The van der Waals surface area contributed by atoms with Gasteiger partial charge in [-0.15, -0.1) is 0 Å². The van der Waals surface area contributed by atoms with Crippen molar-refractivity contribution >= 4 is 11.9 Å². The van der Waals surface area contributed by atoms with Gasteiger partial charge in [0.25, 0.3) is 5.91 Å². The molecule has 1 aliphatic rings. The molecule has 1 aliphatic heterocycles. The van der Waals surface area contributed by atoms with Crippen molar-refractivity contribution in [2.75, 3.05) is 18.9 Å². The summed E-state index contributed by atoms with van der Waals surface area (Å²) < 4.78 is 11.4. The van der Waals surface area contributed by atoms with Gasteiger partial charge in [-0.3, -0.25) is 9.78 Å². The number of pyridine rings is 1. The average molecular weight is 343 g/mol. The molecule has 3 heterocycles. The van der Waals surface area contributed by atoms with Crippen LogP contribution in [0.2, 0.25) is 0 Å². The standard InChI is InChI=1S/C17H21N5O3/c1-11-13(8-20-17(18)21-11)16(23)22-14-10-24-7-5-15(14)25-9-12-4-2-3-6-19-12/h2-4,6,8,14-15H,5,7,9-10H2,1H3,(H,22,23)(H2,18,20,21)/t14-,15-/m1/s1. The van der Waals surface area contributed by atoms with Crippen molar-refractivity contribution in [1.82, 2.24) is 20.3 Å². The summed E-state index contributed by atoms with van der Waals surface area (Å²) in [6, 6.07) is 5.43. The van der Waals surface area contributed by atoms with E-state index < -0.39 is 0 Å². The number of rotatable bonds is 5. The fraction of sp³-hybridized carbons (Fsp3) is 0.412. The van der Waals surface area contributed by atoms with Crippen molar-refractivity contribution in [2.24, 2.45) is 0 Å². The van der Waals surface area contributed by atoms with Crippen molar-refractivity contribution < 1.29 is 14.3 Å². The second-order valence-electron chi connectivity index (χ2n) is 5.84. The third kappa shape index (κ3) is 4.49. The van der Waals surface area contributed by atoms with E-state index in [2.05, 4.69) is 20.3 Å². The van der Waals surface area contributed by atoms with Crippen LogP contribution in [0.3, 0.4) is 0 Å². The van der Waals surface area contributed by atoms with Gasteiger partial charge < -0.3 is 20.5 Å². The number of nitrogens with one attached hydrogen (secondary N) is 1. The molecule has 3 rings (SSSR count). The fourth-order valence-corrected chi connectivity index (χ4v) is 2.68. The minimum absolute atomic E-state index is 0.144. The minimum atomic E-state index is -0.264. The number of nitrogen functional groups attached to an aromatic ring is 1. The zero-order valence-corrected chi connectivity index (χ0v) is 14.0. The molecule has 2 atom stereocenters. The molecule has 0 saturated carbocycles. The maximum absolute atomic E-state index is 12.5. The molecule has 0 aliphatic carbocycles. The van der Waals surface area contributed by atoms with Crippen molar-refractivity contribution in [2.45, 2.75) is 32.1 Å². The van der Waals surface area contributed by atoms with E-state index in [0.29, 0.717) is 37.5 Å². The van der Waals surface area contributed by atoms with Gasteiger partial charge in [-0.1, -0.05) is 6.07 Å². The first-order valence-corrected chi connectivity index (χ1v) is 8.12. The Morgan fingerprint density at radius 3 is 3.08 bits per heavy atom. The first kappa shape index (κ1) is 17.2. The summed E-state index contributed by atoms with van der Waals surface area (Å²) in [5.74, 6) is -0.119. The summed E-state index contributed by atoms with van der Waals surface area (Å²) in [6.07, 6.45) is 3.72. The van der Waals surface area contributed by atoms with E-state index in [0.717, 1.165) is 5.69 Å². The lowest BCUT2D eigenvalue weighted by Crippen LogP contribution is -2.50. The number of hydrogen-bond acceptors (Lipinski definition) is 7. The predicted molar refractivity (Wildman–Crippen MR) is 90.7 cm³/mol. The zero-order valence-electron chi connectivity index (χ0n) is 14.0. The molecule has 0 spiro atoms. The highest BCUT2D eigenvalue weighted by molar-refractivity contribution is 5.95. The summed E-state index contributed by atoms with van der Waals surface area (Å²) in [6.45, 7) is 3.11. The number of nitrogens with zero attached hydrogens (tertiary/aromatic N) is 3. The number of aryl methyl sites for hydroxylation is 1. The topological polar surface area (TPSA) is 112 Å². The minimum Gasteiger partial charge on any atom is -0.379 e. The fourth-order valence-electron chi connectivity index (χ4n) is 2.68. The zero-order chi connectivity index (χ0) is 17.6. The summed E-state index contributed by atoms with van der Waals surface area (Å²) in [5.41, 5.74) is 7.30. The number of hydrogen-bond donors (Lipinski definition) is 2. The highest BCUT2D eigenvalue weighted by Crippen LogP contribution is 2.15. The third-order valence-corrected chi connectivity index (χ3v) is 4.02. The Labute approximate surface area is 145 Å². The largest absolute Gasteiger partial charge is 0.379 e. The molecule has 132 valence electrons. The molecule has 0 bridgehead atoms. The third-order valence-electron chi connectivity index (χ3n) is 4.02. The van der Waals surface area contributed by atoms with Crippen LogP contribution >= 0.6 is 0 Å². The van der Waals surface area contributed by atoms with Crippen LogP contribution in [-0.4, -0.2) is 46.2 Å². The monoisotopic (exact) mass is 343 g/mol. The van der Waals surface area contributed by atoms with E-state index in [9.17, 15) is 4.79 Å². The van der Waals surface area contributed by atoms with Crippen LogP contribution in [0.25, 0.3) is 0 Å². The van der Waals surface area contributed by atoms with Crippen molar-refractivity contribution in [3.63, 3.8) is 0 Å². The highest BCUT2D eigenvalue weighted by Gasteiger charge is 2.29. The Bertz CT molecular complexity index is 725. The van der Waals surface area contributed by atoms with Crippen LogP contribution in [0.4, 0.5) is 5.95 Å². The van der Waals surface area contributed by atoms with Gasteiger partial charge in [-0.25, -0.2) is 9.97 Å². The van der Waals surface area contributed by atoms with Gasteiger partial charge in [0.2, 0.25) is 5.95 Å². The molecule has 1 fully saturated rings. The van der Waals surface area contributed by atoms with E-state index >= 15 is 0 Å². The second-order valence-corrected chi connectivity index (χ2v) is 5.84. The van der Waals surface area contributed by atoms with Crippen LogP contribution < -0.4 is 11.1 Å². The molecule has 0 aromatic carbocycles. The van der Waals surface area contributed by atoms with Gasteiger partial charge in [-0.05, 0) is 25.5 Å². The number of carbonyl (C=O) groups is 1. The maximum Gasteiger partial charge on any atom is 0.255 e. The number of aromatic nitrogens is 3. The number of nitrogens with two attached hydrogens (primary N) is 1. The van der Waals surface area contributed by atoms with E-state index in [1.165, 1.54) is 6.20 Å². The smallest absolute Gasteiger partial charge is 0.255 e. The van der Waals surface area contributed by atoms with Crippen LogP contribution in [0.15, 0.2) is 30.6 Å². The first-order chi connectivity index (χ1) is 12.1. The van der Waals surface area contributed by atoms with Crippen molar-refractivity contribution in [3.05, 3.63) is 47.5 Å². The Morgan fingerprint density at radius 1 is 1.44 bits per heavy atom. The molecule has 2 aromatic rings. The van der Waals surface area contributed by atoms with E-state index in [4.69, 9.17) is 15.2 Å². The van der Waals surface area contributed by atoms with Gasteiger partial charge in [0.05, 0.1) is 42.3 Å². The molecular formula is C17H21N5O3. The van der Waals surface area contributed by atoms with Gasteiger partial charge >= 0.3 is 0 Å². The van der Waals surface area contributed by atoms with Gasteiger partial charge in [0.15, 0.2) is 0 Å². The quantitative estimate of drug-likeness (QED) is 0.828. The molecule has 0 radical (unpaired) electrons. The van der Waals surface area contributed by atoms with E-state index in [-0.39, 0.29) is 24.0 Å². The first-order valence-electron chi connectivity index (χ1n) is 8.12. The van der Waals surface area contributed by atoms with Gasteiger partial charge in [-0.2, -0.15) is 0 Å². The Kier molecular flexibility index (Phi) is 5.52. The molecule has 8 heteroatoms. The lowest BCUT2D eigenvalue weighted by molar-refractivity contribution is -0.0612. The van der Waals surface area contributed by atoms with E-state index in [1.807, 2.05) is 18.2 Å². The van der Waals surface area contributed by atoms with Crippen LogP contribution in [0.1, 0.15) is 28.2 Å². The summed E-state index contributed by atoms with van der Waals surface area (Å²) in [4.78, 5) is 24.7. The average Bonchev–Trinajstić information content (AvgIpc) is 2.61. The molecular weight excluding hydrogens is 322 g/mol. The van der Waals surface area contributed by atoms with Gasteiger partial charge in [0, 0.05) is 19.0 Å². The maximum atomic E-state index is 12.5. The SMILES string of the molecule is Cc1nc(N)ncc1C(=O)N[C@@H]1COCC[C@H]1OCc1ccccn1. The normalized spacial score (nSPS) is 20.2. The molecule has 8 nitrogen and oxygen atoms in total. The summed E-state index contributed by atoms with van der Waals surface area (Å²) >= 11 is 0. The molecule has 3 N–H and O–H groups in total. The predicted octanol–water partition coefficient (Wildman–Crippen LogP) is 0.866. The van der Waals surface area contributed by atoms with Crippen LogP contribution in [0, 0.1) is 6.92 Å². The molecule has 2 aromatic heterocycles. The van der Waals surface area contributed by atoms with Crippen molar-refractivity contribution in [1.29, 1.82) is 0 Å². The molecule has 0 unspecified atom stereocenters. The van der Waals surface area contributed by atoms with Crippen molar-refractivity contribution in [3.8, 4) is 0 Å². The second kappa shape index (κ2) is 8.00. The number of amides is 1. The highest BCUT2D eigenvalue weighted by atomic mass is 16.5. The van der Waals surface area contributed by atoms with Gasteiger partial charge in [0.1, 0.15) is 0 Å². The Balaban J connectivity index is 1.63. The van der Waals surface area contributed by atoms with Crippen LogP contribution in [-0.2, 0) is 16.1 Å². The lowest BCUT2D eigenvalue weighted by Gasteiger charge is -2.32. The lowest BCUT2D eigenvalue weighted by atomic mass is 10.1. The Morgan fingerprint density at radius 2 is 2.32 bits per heavy atom. The number of anilines is 1. The van der Waals surface area contributed by atoms with E-state index in [1.54, 1.807) is 13.1 Å². The number of ether oxygens (including phenoxy) is 2. The molecule has 25 heavy (non-hydrogen) atoms. The summed E-state index contributed by atoms with van der Waals surface area (Å²) in [5, 5.41) is 2.95. The summed E-state index contributed by atoms with van der Waals surface area (Å²) in [7, 11) is 0.